The van der Waals surface area contributed by atoms with Gasteiger partial charge in [0.1, 0.15) is 11.2 Å². The van der Waals surface area contributed by atoms with Crippen molar-refractivity contribution in [2.75, 3.05) is 10.5 Å². The molecule has 19 heavy (non-hydrogen) atoms. The Bertz CT molecular complexity index is 684. The highest BCUT2D eigenvalue weighted by atomic mass is 79.9. The van der Waals surface area contributed by atoms with Gasteiger partial charge in [0.2, 0.25) is 0 Å². The van der Waals surface area contributed by atoms with E-state index in [0.717, 1.165) is 0 Å². The highest BCUT2D eigenvalue weighted by Gasteiger charge is 2.21. The topological polar surface area (TPSA) is 98.0 Å². The van der Waals surface area contributed by atoms with Crippen molar-refractivity contribution < 1.29 is 8.42 Å². The predicted octanol–water partition coefficient (Wildman–Crippen LogP) is 2.38. The lowest BCUT2D eigenvalue weighted by Gasteiger charge is -2.11. The third-order valence-electron chi connectivity index (χ3n) is 2.12. The van der Waals surface area contributed by atoms with E-state index in [-0.39, 0.29) is 16.3 Å². The van der Waals surface area contributed by atoms with Crippen LogP contribution in [0.25, 0.3) is 0 Å². The lowest BCUT2D eigenvalue weighted by molar-refractivity contribution is 0.601. The zero-order valence-corrected chi connectivity index (χ0v) is 13.3. The zero-order valence-electron chi connectivity index (χ0n) is 9.34. The Labute approximate surface area is 126 Å². The number of halogens is 2. The van der Waals surface area contributed by atoms with E-state index >= 15 is 0 Å². The maximum absolute atomic E-state index is 12.3. The van der Waals surface area contributed by atoms with E-state index in [4.69, 9.17) is 5.73 Å². The molecule has 0 spiro atoms. The van der Waals surface area contributed by atoms with Crippen molar-refractivity contribution in [1.29, 1.82) is 0 Å². The van der Waals surface area contributed by atoms with E-state index < -0.39 is 10.0 Å². The van der Waals surface area contributed by atoms with Crippen LogP contribution in [0.5, 0.6) is 0 Å². The van der Waals surface area contributed by atoms with Crippen LogP contribution in [0.15, 0.2) is 44.7 Å². The number of sulfonamides is 1. The van der Waals surface area contributed by atoms with Crippen molar-refractivity contribution in [3.63, 3.8) is 0 Å². The molecule has 1 aromatic carbocycles. The van der Waals surface area contributed by atoms with Crippen LogP contribution in [0, 0.1) is 0 Å². The Morgan fingerprint density at radius 3 is 2.37 bits per heavy atom. The number of anilines is 2. The molecule has 6 nitrogen and oxygen atoms in total. The maximum atomic E-state index is 12.3. The number of aromatic nitrogens is 2. The van der Waals surface area contributed by atoms with Gasteiger partial charge in [0.05, 0.1) is 23.8 Å². The van der Waals surface area contributed by atoms with Gasteiger partial charge in [-0.2, -0.15) is 0 Å². The highest BCUT2D eigenvalue weighted by Crippen LogP contribution is 2.32. The third kappa shape index (κ3) is 3.23. The van der Waals surface area contributed by atoms with Crippen molar-refractivity contribution in [1.82, 2.24) is 9.97 Å². The molecular formula is C10H8Br2N4O2S. The van der Waals surface area contributed by atoms with Crippen LogP contribution in [-0.2, 0) is 10.0 Å². The molecule has 0 aliphatic carbocycles. The van der Waals surface area contributed by atoms with Gasteiger partial charge in [0.15, 0.2) is 0 Å². The van der Waals surface area contributed by atoms with Gasteiger partial charge >= 0.3 is 0 Å². The molecule has 1 aromatic heterocycles. The van der Waals surface area contributed by atoms with Crippen LogP contribution >= 0.6 is 31.9 Å². The number of nitrogens with one attached hydrogen (secondary N) is 1. The summed E-state index contributed by atoms with van der Waals surface area (Å²) in [5.41, 5.74) is 6.14. The minimum atomic E-state index is -3.81. The molecule has 9 heteroatoms. The molecule has 2 aromatic rings. The Balaban J connectivity index is 2.46. The lowest BCUT2D eigenvalue weighted by atomic mass is 10.3. The van der Waals surface area contributed by atoms with Crippen molar-refractivity contribution >= 4 is 53.3 Å². The second kappa shape index (κ2) is 5.43. The molecule has 0 amide bonds. The molecule has 0 aliphatic heterocycles. The summed E-state index contributed by atoms with van der Waals surface area (Å²) < 4.78 is 27.9. The molecule has 0 aliphatic rings. The van der Waals surface area contributed by atoms with E-state index in [0.29, 0.717) is 8.95 Å². The minimum absolute atomic E-state index is 0.0282. The van der Waals surface area contributed by atoms with Crippen molar-refractivity contribution in [3.8, 4) is 0 Å². The van der Waals surface area contributed by atoms with Crippen molar-refractivity contribution in [2.24, 2.45) is 0 Å². The lowest BCUT2D eigenvalue weighted by Crippen LogP contribution is -2.15. The largest absolute Gasteiger partial charge is 0.398 e. The quantitative estimate of drug-likeness (QED) is 0.761. The Morgan fingerprint density at radius 1 is 1.16 bits per heavy atom. The van der Waals surface area contributed by atoms with E-state index in [9.17, 15) is 8.42 Å². The molecule has 0 fully saturated rings. The normalized spacial score (nSPS) is 11.3. The van der Waals surface area contributed by atoms with Gasteiger partial charge in [-0.25, -0.2) is 18.4 Å². The SMILES string of the molecule is Nc1cc(Br)cc(Br)c1S(=O)(=O)Nc1cncnc1. The fraction of sp³-hybridized carbons (Fsp3) is 0. The Morgan fingerprint density at radius 2 is 1.79 bits per heavy atom. The van der Waals surface area contributed by atoms with E-state index in [1.54, 1.807) is 6.07 Å². The van der Waals surface area contributed by atoms with Crippen LogP contribution in [-0.4, -0.2) is 18.4 Å². The summed E-state index contributed by atoms with van der Waals surface area (Å²) >= 11 is 6.42. The summed E-state index contributed by atoms with van der Waals surface area (Å²) in [5, 5.41) is 0. The number of hydrogen-bond donors (Lipinski definition) is 2. The maximum Gasteiger partial charge on any atom is 0.265 e. The zero-order chi connectivity index (χ0) is 14.0. The predicted molar refractivity (Wildman–Crippen MR) is 79.1 cm³/mol. The van der Waals surface area contributed by atoms with Crippen molar-refractivity contribution in [3.05, 3.63) is 39.8 Å². The molecule has 0 radical (unpaired) electrons. The average molecular weight is 408 g/mol. The third-order valence-corrected chi connectivity index (χ3v) is 4.96. The van der Waals surface area contributed by atoms with Gasteiger partial charge < -0.3 is 5.73 Å². The first-order chi connectivity index (χ1) is 8.90. The van der Waals surface area contributed by atoms with E-state index in [1.165, 1.54) is 24.8 Å². The average Bonchev–Trinajstić information content (AvgIpc) is 2.27. The second-order valence-electron chi connectivity index (χ2n) is 3.54. The molecule has 2 rings (SSSR count). The number of benzene rings is 1. The number of hydrogen-bond acceptors (Lipinski definition) is 5. The van der Waals surface area contributed by atoms with Crippen LogP contribution < -0.4 is 10.5 Å². The summed E-state index contributed by atoms with van der Waals surface area (Å²) in [6, 6.07) is 3.12. The fourth-order valence-electron chi connectivity index (χ4n) is 1.42. The van der Waals surface area contributed by atoms with Gasteiger partial charge in [0.25, 0.3) is 10.0 Å². The Kier molecular flexibility index (Phi) is 4.07. The van der Waals surface area contributed by atoms with Crippen LogP contribution in [0.2, 0.25) is 0 Å². The molecule has 0 bridgehead atoms. The number of nitrogen functional groups attached to an aromatic ring is 1. The second-order valence-corrected chi connectivity index (χ2v) is 6.93. The summed E-state index contributed by atoms with van der Waals surface area (Å²) in [7, 11) is -3.81. The molecule has 1 heterocycles. The van der Waals surface area contributed by atoms with Crippen molar-refractivity contribution in [2.45, 2.75) is 4.90 Å². The van der Waals surface area contributed by atoms with E-state index in [2.05, 4.69) is 46.5 Å². The first kappa shape index (κ1) is 14.2. The first-order valence-electron chi connectivity index (χ1n) is 4.92. The highest BCUT2D eigenvalue weighted by molar-refractivity contribution is 9.11. The molecule has 3 N–H and O–H groups in total. The van der Waals surface area contributed by atoms with Gasteiger partial charge in [-0.3, -0.25) is 4.72 Å². The molecule has 0 saturated heterocycles. The summed E-state index contributed by atoms with van der Waals surface area (Å²) in [4.78, 5) is 7.44. The first-order valence-corrected chi connectivity index (χ1v) is 7.99. The summed E-state index contributed by atoms with van der Waals surface area (Å²) in [6.07, 6.45) is 4.02. The van der Waals surface area contributed by atoms with Crippen LogP contribution in [0.1, 0.15) is 0 Å². The molecule has 0 atom stereocenters. The number of nitrogens with two attached hydrogens (primary N) is 1. The van der Waals surface area contributed by atoms with Crippen LogP contribution in [0.4, 0.5) is 11.4 Å². The monoisotopic (exact) mass is 406 g/mol. The smallest absolute Gasteiger partial charge is 0.265 e. The fourth-order valence-corrected chi connectivity index (χ4v) is 4.52. The van der Waals surface area contributed by atoms with Crippen LogP contribution in [0.3, 0.4) is 0 Å². The van der Waals surface area contributed by atoms with E-state index in [1.807, 2.05) is 0 Å². The summed E-state index contributed by atoms with van der Waals surface area (Å²) in [6.45, 7) is 0. The molecular weight excluding hydrogens is 400 g/mol. The number of rotatable bonds is 3. The molecule has 100 valence electrons. The van der Waals surface area contributed by atoms with Gasteiger partial charge in [-0.05, 0) is 28.1 Å². The van der Waals surface area contributed by atoms with Gasteiger partial charge in [0, 0.05) is 8.95 Å². The Hall–Kier alpha value is -1.19. The van der Waals surface area contributed by atoms with Gasteiger partial charge in [-0.15, -0.1) is 0 Å². The molecule has 0 saturated carbocycles. The minimum Gasteiger partial charge on any atom is -0.398 e. The van der Waals surface area contributed by atoms with Gasteiger partial charge in [-0.1, -0.05) is 15.9 Å². The number of nitrogens with zero attached hydrogens (tertiary/aromatic N) is 2. The summed E-state index contributed by atoms with van der Waals surface area (Å²) in [5.74, 6) is 0. The molecule has 0 unspecified atom stereocenters. The standard InChI is InChI=1S/C10H8Br2N4O2S/c11-6-1-8(12)10(9(13)2-6)19(17,18)16-7-3-14-5-15-4-7/h1-5,16H,13H2.